The molecule has 4 nitrogen and oxygen atoms in total. The lowest BCUT2D eigenvalue weighted by Crippen LogP contribution is -2.21. The minimum Gasteiger partial charge on any atom is -0.324 e. The Morgan fingerprint density at radius 2 is 1.38 bits per heavy atom. The number of rotatable bonds is 7. The summed E-state index contributed by atoms with van der Waals surface area (Å²) >= 11 is 1.18. The first-order valence-electron chi connectivity index (χ1n) is 12.4. The Balaban J connectivity index is 1.37. The number of amides is 2. The molecule has 0 saturated heterocycles. The van der Waals surface area contributed by atoms with E-state index in [1.807, 2.05) is 36.4 Å². The number of carbonyl (C=O) groups excluding carboxylic acids is 2. The van der Waals surface area contributed by atoms with Crippen molar-refractivity contribution < 1.29 is 22.8 Å². The number of fused-ring (bicyclic) bond motifs is 1. The second-order valence-corrected chi connectivity index (χ2v) is 10.2. The number of thioether (sulfide) groups is 1. The van der Waals surface area contributed by atoms with E-state index in [-0.39, 0.29) is 11.6 Å². The molecule has 1 atom stereocenters. The third kappa shape index (κ3) is 6.35. The van der Waals surface area contributed by atoms with E-state index in [1.165, 1.54) is 30.0 Å². The van der Waals surface area contributed by atoms with Crippen molar-refractivity contribution in [3.05, 3.63) is 138 Å². The third-order valence-electron chi connectivity index (χ3n) is 6.19. The molecule has 5 aromatic carbocycles. The summed E-state index contributed by atoms with van der Waals surface area (Å²) in [5.41, 5.74) is 0.427. The fourth-order valence-corrected chi connectivity index (χ4v) is 5.34. The van der Waals surface area contributed by atoms with Crippen LogP contribution < -0.4 is 10.6 Å². The molecular weight excluding hydrogens is 533 g/mol. The van der Waals surface area contributed by atoms with Gasteiger partial charge in [0.05, 0.1) is 11.3 Å². The molecule has 0 aliphatic rings. The number of nitrogens with one attached hydrogen (secondary N) is 2. The van der Waals surface area contributed by atoms with Gasteiger partial charge in [-0.15, -0.1) is 11.8 Å². The lowest BCUT2D eigenvalue weighted by molar-refractivity contribution is -0.137. The van der Waals surface area contributed by atoms with Gasteiger partial charge in [-0.05, 0) is 58.8 Å². The number of anilines is 2. The zero-order chi connectivity index (χ0) is 28.1. The first-order chi connectivity index (χ1) is 19.3. The molecule has 0 bridgehead atoms. The highest BCUT2D eigenvalue weighted by atomic mass is 32.2. The molecule has 0 fully saturated rings. The molecule has 5 rings (SSSR count). The number of hydrogen-bond donors (Lipinski definition) is 2. The molecule has 0 heterocycles. The fourth-order valence-electron chi connectivity index (χ4n) is 4.26. The van der Waals surface area contributed by atoms with Crippen LogP contribution in [0.4, 0.5) is 24.5 Å². The Hall–Kier alpha value is -4.56. The minimum absolute atomic E-state index is 0.283. The predicted molar refractivity (Wildman–Crippen MR) is 153 cm³/mol. The lowest BCUT2D eigenvalue weighted by atomic mass is 10.1. The molecule has 8 heteroatoms. The molecule has 0 aliphatic carbocycles. The number of benzene rings is 5. The van der Waals surface area contributed by atoms with E-state index in [0.717, 1.165) is 16.8 Å². The van der Waals surface area contributed by atoms with Crippen molar-refractivity contribution in [1.29, 1.82) is 0 Å². The van der Waals surface area contributed by atoms with Crippen LogP contribution >= 0.6 is 11.8 Å². The van der Waals surface area contributed by atoms with Gasteiger partial charge in [0.1, 0.15) is 5.25 Å². The van der Waals surface area contributed by atoms with Crippen LogP contribution in [0.2, 0.25) is 0 Å². The monoisotopic (exact) mass is 556 g/mol. The SMILES string of the molecule is O=C(Nc1cccc(SC(C(=O)Nc2ccccc2C(F)(F)F)c2ccccc2)c1)c1ccc2ccccc2c1. The first kappa shape index (κ1) is 27.0. The van der Waals surface area contributed by atoms with Gasteiger partial charge in [0, 0.05) is 16.1 Å². The van der Waals surface area contributed by atoms with Crippen LogP contribution in [0.15, 0.2) is 126 Å². The van der Waals surface area contributed by atoms with E-state index in [9.17, 15) is 22.8 Å². The Labute approximate surface area is 233 Å². The Morgan fingerprint density at radius 1 is 0.675 bits per heavy atom. The van der Waals surface area contributed by atoms with Crippen molar-refractivity contribution in [1.82, 2.24) is 0 Å². The first-order valence-corrected chi connectivity index (χ1v) is 13.2. The Bertz CT molecular complexity index is 1670. The maximum absolute atomic E-state index is 13.5. The number of para-hydroxylation sites is 1. The van der Waals surface area contributed by atoms with E-state index in [1.54, 1.807) is 60.7 Å². The summed E-state index contributed by atoms with van der Waals surface area (Å²) in [6.45, 7) is 0. The van der Waals surface area contributed by atoms with E-state index < -0.39 is 22.9 Å². The lowest BCUT2D eigenvalue weighted by Gasteiger charge is -2.19. The largest absolute Gasteiger partial charge is 0.418 e. The molecule has 2 N–H and O–H groups in total. The molecule has 1 unspecified atom stereocenters. The van der Waals surface area contributed by atoms with Crippen LogP contribution in [0.25, 0.3) is 10.8 Å². The van der Waals surface area contributed by atoms with Crippen molar-refractivity contribution in [2.24, 2.45) is 0 Å². The second kappa shape index (κ2) is 11.7. The van der Waals surface area contributed by atoms with E-state index >= 15 is 0 Å². The Kier molecular flexibility index (Phi) is 7.89. The molecule has 0 spiro atoms. The summed E-state index contributed by atoms with van der Waals surface area (Å²) < 4.78 is 40.6. The predicted octanol–water partition coefficient (Wildman–Crippen LogP) is 8.58. The number of carbonyl (C=O) groups is 2. The van der Waals surface area contributed by atoms with Gasteiger partial charge in [-0.1, -0.05) is 78.9 Å². The molecule has 0 aliphatic heterocycles. The summed E-state index contributed by atoms with van der Waals surface area (Å²) in [6.07, 6.45) is -4.61. The molecule has 5 aromatic rings. The highest BCUT2D eigenvalue weighted by molar-refractivity contribution is 8.00. The van der Waals surface area contributed by atoms with Crippen LogP contribution in [-0.2, 0) is 11.0 Å². The van der Waals surface area contributed by atoms with Gasteiger partial charge < -0.3 is 10.6 Å². The van der Waals surface area contributed by atoms with Crippen LogP contribution in [0.3, 0.4) is 0 Å². The average molecular weight is 557 g/mol. The zero-order valence-corrected chi connectivity index (χ0v) is 21.8. The standard InChI is InChI=1S/C32H23F3N2O2S/c33-32(34,35)27-15-6-7-16-28(27)37-31(39)29(22-10-2-1-3-11-22)40-26-14-8-13-25(20-26)36-30(38)24-18-17-21-9-4-5-12-23(21)19-24/h1-20,29H,(H,36,38)(H,37,39). The maximum Gasteiger partial charge on any atom is 0.418 e. The zero-order valence-electron chi connectivity index (χ0n) is 21.0. The summed E-state index contributed by atoms with van der Waals surface area (Å²) in [5.74, 6) is -0.882. The van der Waals surface area contributed by atoms with Crippen LogP contribution in [0, 0.1) is 0 Å². The van der Waals surface area contributed by atoms with Gasteiger partial charge in [0.2, 0.25) is 5.91 Å². The van der Waals surface area contributed by atoms with Gasteiger partial charge in [0.15, 0.2) is 0 Å². The summed E-state index contributed by atoms with van der Waals surface area (Å²) in [4.78, 5) is 27.0. The molecule has 40 heavy (non-hydrogen) atoms. The highest BCUT2D eigenvalue weighted by Gasteiger charge is 2.34. The van der Waals surface area contributed by atoms with Gasteiger partial charge in [-0.2, -0.15) is 13.2 Å². The van der Waals surface area contributed by atoms with Crippen molar-refractivity contribution in [3.8, 4) is 0 Å². The topological polar surface area (TPSA) is 58.2 Å². The van der Waals surface area contributed by atoms with E-state index in [0.29, 0.717) is 21.7 Å². The minimum atomic E-state index is -4.61. The Morgan fingerprint density at radius 3 is 2.15 bits per heavy atom. The van der Waals surface area contributed by atoms with Crippen molar-refractivity contribution >= 4 is 45.7 Å². The normalized spacial score (nSPS) is 12.1. The van der Waals surface area contributed by atoms with Crippen LogP contribution in [-0.4, -0.2) is 11.8 Å². The van der Waals surface area contributed by atoms with Gasteiger partial charge >= 0.3 is 6.18 Å². The van der Waals surface area contributed by atoms with Crippen LogP contribution in [0.1, 0.15) is 26.7 Å². The van der Waals surface area contributed by atoms with Gasteiger partial charge in [-0.3, -0.25) is 9.59 Å². The average Bonchev–Trinajstić information content (AvgIpc) is 2.96. The third-order valence-corrected chi connectivity index (χ3v) is 7.44. The highest BCUT2D eigenvalue weighted by Crippen LogP contribution is 2.39. The van der Waals surface area contributed by atoms with E-state index in [2.05, 4.69) is 10.6 Å². The summed E-state index contributed by atoms with van der Waals surface area (Å²) in [6, 6.07) is 33.9. The van der Waals surface area contributed by atoms with Gasteiger partial charge in [-0.25, -0.2) is 0 Å². The number of alkyl halides is 3. The van der Waals surface area contributed by atoms with Crippen molar-refractivity contribution in [3.63, 3.8) is 0 Å². The molecular formula is C32H23F3N2O2S. The molecule has 0 aromatic heterocycles. The van der Waals surface area contributed by atoms with Crippen molar-refractivity contribution in [2.45, 2.75) is 16.3 Å². The van der Waals surface area contributed by atoms with Gasteiger partial charge in [0.25, 0.3) is 5.91 Å². The maximum atomic E-state index is 13.5. The molecule has 0 saturated carbocycles. The summed E-state index contributed by atoms with van der Waals surface area (Å²) in [5, 5.41) is 6.48. The number of hydrogen-bond acceptors (Lipinski definition) is 3. The quantitative estimate of drug-likeness (QED) is 0.197. The van der Waals surface area contributed by atoms with Crippen molar-refractivity contribution in [2.75, 3.05) is 10.6 Å². The molecule has 2 amide bonds. The molecule has 200 valence electrons. The number of halogens is 3. The van der Waals surface area contributed by atoms with Crippen LogP contribution in [0.5, 0.6) is 0 Å². The summed E-state index contributed by atoms with van der Waals surface area (Å²) in [7, 11) is 0. The second-order valence-electron chi connectivity index (χ2n) is 8.99. The van der Waals surface area contributed by atoms with E-state index in [4.69, 9.17) is 0 Å². The fraction of sp³-hybridized carbons (Fsp3) is 0.0625. The smallest absolute Gasteiger partial charge is 0.324 e. The molecule has 0 radical (unpaired) electrons.